The van der Waals surface area contributed by atoms with Crippen LogP contribution in [0.2, 0.25) is 5.02 Å². The van der Waals surface area contributed by atoms with Crippen LogP contribution in [0.25, 0.3) is 0 Å². The molecule has 0 amide bonds. The van der Waals surface area contributed by atoms with Crippen LogP contribution in [0.5, 0.6) is 0 Å². The Labute approximate surface area is 116 Å². The molecule has 0 radical (unpaired) electrons. The van der Waals surface area contributed by atoms with Crippen LogP contribution in [0.1, 0.15) is 29.4 Å². The molecule has 19 heavy (non-hydrogen) atoms. The maximum absolute atomic E-state index is 13.7. The van der Waals surface area contributed by atoms with E-state index in [0.29, 0.717) is 17.8 Å². The van der Waals surface area contributed by atoms with Crippen LogP contribution in [-0.2, 0) is 13.0 Å². The summed E-state index contributed by atoms with van der Waals surface area (Å²) in [5.74, 6) is -0.689. The fraction of sp³-hybridized carbons (Fsp3) is 0.286. The third kappa shape index (κ3) is 3.01. The number of Topliss-reactive ketones (excluding diaryl/α,β-unsaturated/α-hetero) is 1. The molecule has 5 heteroatoms. The highest BCUT2D eigenvalue weighted by Crippen LogP contribution is 2.19. The first-order valence-corrected chi connectivity index (χ1v) is 6.49. The Bertz CT molecular complexity index is 595. The van der Waals surface area contributed by atoms with Crippen molar-refractivity contribution >= 4 is 17.4 Å². The molecule has 1 heterocycles. The van der Waals surface area contributed by atoms with Gasteiger partial charge in [-0.2, -0.15) is 5.10 Å². The second kappa shape index (κ2) is 5.97. The number of aryl methyl sites for hydroxylation is 1. The first-order chi connectivity index (χ1) is 9.13. The highest BCUT2D eigenvalue weighted by Gasteiger charge is 2.15. The number of rotatable bonds is 5. The normalized spacial score (nSPS) is 10.7. The monoisotopic (exact) mass is 280 g/mol. The summed E-state index contributed by atoms with van der Waals surface area (Å²) in [7, 11) is 0. The number of carbonyl (C=O) groups excluding carboxylic acids is 1. The van der Waals surface area contributed by atoms with Gasteiger partial charge >= 0.3 is 0 Å². The first-order valence-electron chi connectivity index (χ1n) is 6.11. The fourth-order valence-electron chi connectivity index (χ4n) is 1.91. The summed E-state index contributed by atoms with van der Waals surface area (Å²) < 4.78 is 15.4. The van der Waals surface area contributed by atoms with Crippen molar-refractivity contribution in [1.82, 2.24) is 9.78 Å². The van der Waals surface area contributed by atoms with E-state index in [1.807, 2.05) is 6.92 Å². The minimum absolute atomic E-state index is 0.0121. The third-order valence-electron chi connectivity index (χ3n) is 2.82. The van der Waals surface area contributed by atoms with Crippen molar-refractivity contribution in [3.63, 3.8) is 0 Å². The minimum Gasteiger partial charge on any atom is -0.292 e. The number of halogens is 2. The van der Waals surface area contributed by atoms with Crippen molar-refractivity contribution in [2.45, 2.75) is 26.3 Å². The third-order valence-corrected chi connectivity index (χ3v) is 3.11. The molecule has 2 aromatic rings. The zero-order chi connectivity index (χ0) is 13.8. The Balaban J connectivity index is 2.21. The quantitative estimate of drug-likeness (QED) is 0.786. The lowest BCUT2D eigenvalue weighted by Crippen LogP contribution is -2.13. The molecule has 0 spiro atoms. The highest BCUT2D eigenvalue weighted by atomic mass is 35.5. The van der Waals surface area contributed by atoms with Crippen molar-refractivity contribution in [3.05, 3.63) is 52.6 Å². The van der Waals surface area contributed by atoms with Gasteiger partial charge in [-0.25, -0.2) is 4.39 Å². The highest BCUT2D eigenvalue weighted by molar-refractivity contribution is 6.30. The van der Waals surface area contributed by atoms with Crippen molar-refractivity contribution in [3.8, 4) is 0 Å². The maximum Gasteiger partial charge on any atom is 0.185 e. The summed E-state index contributed by atoms with van der Waals surface area (Å²) in [6, 6.07) is 6.32. The van der Waals surface area contributed by atoms with Gasteiger partial charge in [0.2, 0.25) is 0 Å². The predicted molar refractivity (Wildman–Crippen MR) is 72.0 cm³/mol. The molecule has 0 N–H and O–H groups in total. The summed E-state index contributed by atoms with van der Waals surface area (Å²) in [5, 5.41) is 4.12. The van der Waals surface area contributed by atoms with Gasteiger partial charge < -0.3 is 0 Å². The molecule has 0 saturated carbocycles. The molecule has 0 unspecified atom stereocenters. The zero-order valence-corrected chi connectivity index (χ0v) is 11.3. The summed E-state index contributed by atoms with van der Waals surface area (Å²) >= 11 is 5.70. The molecule has 0 aliphatic rings. The van der Waals surface area contributed by atoms with Crippen LogP contribution in [0.4, 0.5) is 4.39 Å². The van der Waals surface area contributed by atoms with Crippen LogP contribution in [0.15, 0.2) is 30.5 Å². The molecule has 3 nitrogen and oxygen atoms in total. The van der Waals surface area contributed by atoms with Gasteiger partial charge in [-0.05, 0) is 24.1 Å². The maximum atomic E-state index is 13.7. The lowest BCUT2D eigenvalue weighted by molar-refractivity contribution is 0.0981. The van der Waals surface area contributed by atoms with Gasteiger partial charge in [0.15, 0.2) is 5.78 Å². The van der Waals surface area contributed by atoms with Crippen LogP contribution in [0.3, 0.4) is 0 Å². The molecule has 1 aromatic carbocycles. The fourth-order valence-corrected chi connectivity index (χ4v) is 2.10. The average molecular weight is 281 g/mol. The SMILES string of the molecule is CCCn1nccc1C(=O)Cc1cccc(Cl)c1F. The number of ketones is 1. The van der Waals surface area contributed by atoms with Crippen LogP contribution in [-0.4, -0.2) is 15.6 Å². The molecule has 100 valence electrons. The average Bonchev–Trinajstić information content (AvgIpc) is 2.84. The van der Waals surface area contributed by atoms with Gasteiger partial charge in [-0.3, -0.25) is 9.48 Å². The standard InChI is InChI=1S/C14H14ClFN2O/c1-2-8-18-12(6-7-17-18)13(19)9-10-4-3-5-11(15)14(10)16/h3-7H,2,8-9H2,1H3. The zero-order valence-electron chi connectivity index (χ0n) is 10.6. The van der Waals surface area contributed by atoms with Crippen LogP contribution < -0.4 is 0 Å². The van der Waals surface area contributed by atoms with E-state index in [1.54, 1.807) is 29.1 Å². The van der Waals surface area contributed by atoms with Gasteiger partial charge in [0.25, 0.3) is 0 Å². The van der Waals surface area contributed by atoms with Gasteiger partial charge in [0, 0.05) is 19.2 Å². The number of hydrogen-bond donors (Lipinski definition) is 0. The number of aromatic nitrogens is 2. The van der Waals surface area contributed by atoms with Gasteiger partial charge in [0.1, 0.15) is 11.5 Å². The van der Waals surface area contributed by atoms with Crippen molar-refractivity contribution in [1.29, 1.82) is 0 Å². The van der Waals surface area contributed by atoms with E-state index in [1.165, 1.54) is 6.07 Å². The van der Waals surface area contributed by atoms with E-state index >= 15 is 0 Å². The molecule has 0 bridgehead atoms. The molecule has 1 aromatic heterocycles. The molecule has 0 aliphatic carbocycles. The molecule has 0 atom stereocenters. The molecule has 0 fully saturated rings. The second-order valence-electron chi connectivity index (χ2n) is 4.25. The van der Waals surface area contributed by atoms with Gasteiger partial charge in [-0.15, -0.1) is 0 Å². The topological polar surface area (TPSA) is 34.9 Å². The van der Waals surface area contributed by atoms with E-state index in [4.69, 9.17) is 11.6 Å². The Kier molecular flexibility index (Phi) is 4.32. The molecule has 0 aliphatic heterocycles. The smallest absolute Gasteiger partial charge is 0.185 e. The number of benzene rings is 1. The van der Waals surface area contributed by atoms with Crippen molar-refractivity contribution in [2.75, 3.05) is 0 Å². The lowest BCUT2D eigenvalue weighted by atomic mass is 10.1. The lowest BCUT2D eigenvalue weighted by Gasteiger charge is -2.06. The van der Waals surface area contributed by atoms with Crippen molar-refractivity contribution in [2.24, 2.45) is 0 Å². The van der Waals surface area contributed by atoms with Gasteiger partial charge in [0.05, 0.1) is 5.02 Å². The Hall–Kier alpha value is -1.68. The molecular weight excluding hydrogens is 267 g/mol. The van der Waals surface area contributed by atoms with Gasteiger partial charge in [-0.1, -0.05) is 30.7 Å². The molecule has 2 rings (SSSR count). The van der Waals surface area contributed by atoms with Crippen LogP contribution >= 0.6 is 11.6 Å². The summed E-state index contributed by atoms with van der Waals surface area (Å²) in [6.07, 6.45) is 2.45. The number of hydrogen-bond acceptors (Lipinski definition) is 2. The summed E-state index contributed by atoms with van der Waals surface area (Å²) in [6.45, 7) is 2.68. The number of carbonyl (C=O) groups is 1. The van der Waals surface area contributed by atoms with E-state index in [0.717, 1.165) is 6.42 Å². The van der Waals surface area contributed by atoms with Crippen LogP contribution in [0, 0.1) is 5.82 Å². The Morgan fingerprint density at radius 1 is 1.42 bits per heavy atom. The Morgan fingerprint density at radius 3 is 2.95 bits per heavy atom. The van der Waals surface area contributed by atoms with E-state index in [9.17, 15) is 9.18 Å². The second-order valence-corrected chi connectivity index (χ2v) is 4.66. The van der Waals surface area contributed by atoms with Crippen molar-refractivity contribution < 1.29 is 9.18 Å². The molecule has 0 saturated heterocycles. The summed E-state index contributed by atoms with van der Waals surface area (Å²) in [5.41, 5.74) is 0.808. The summed E-state index contributed by atoms with van der Waals surface area (Å²) in [4.78, 5) is 12.2. The van der Waals surface area contributed by atoms with E-state index < -0.39 is 5.82 Å². The number of nitrogens with zero attached hydrogens (tertiary/aromatic N) is 2. The molecular formula is C14H14ClFN2O. The largest absolute Gasteiger partial charge is 0.292 e. The Morgan fingerprint density at radius 2 is 2.21 bits per heavy atom. The predicted octanol–water partition coefficient (Wildman–Crippen LogP) is 3.51. The van der Waals surface area contributed by atoms with E-state index in [2.05, 4.69) is 5.10 Å². The van der Waals surface area contributed by atoms with E-state index in [-0.39, 0.29) is 17.2 Å². The first kappa shape index (κ1) is 13.7. The minimum atomic E-state index is -0.529.